The number of amides is 2. The molecule has 0 bridgehead atoms. The molecule has 0 spiro atoms. The molecule has 0 aliphatic carbocycles. The number of hydrogen-bond donors (Lipinski definition) is 2. The van der Waals surface area contributed by atoms with Gasteiger partial charge >= 0.3 is 0 Å². The molecule has 0 aromatic carbocycles. The van der Waals surface area contributed by atoms with Gasteiger partial charge in [-0.2, -0.15) is 0 Å². The zero-order valence-corrected chi connectivity index (χ0v) is 12.7. The molecule has 1 fully saturated rings. The third kappa shape index (κ3) is 6.34. The van der Waals surface area contributed by atoms with Gasteiger partial charge in [-0.25, -0.2) is 0 Å². The van der Waals surface area contributed by atoms with Crippen LogP contribution in [0.1, 0.15) is 26.2 Å². The summed E-state index contributed by atoms with van der Waals surface area (Å²) < 4.78 is 0. The maximum absolute atomic E-state index is 12.0. The molecular weight excluding hydrogens is 256 g/mol. The number of likely N-dealkylation sites (N-methyl/N-ethyl adjacent to an activating group) is 1. The second kappa shape index (κ2) is 8.92. The fourth-order valence-electron chi connectivity index (χ4n) is 2.40. The molecule has 1 aliphatic rings. The lowest BCUT2D eigenvalue weighted by Crippen LogP contribution is -2.44. The summed E-state index contributed by atoms with van der Waals surface area (Å²) in [6.45, 7) is 6.01. The Hall–Kier alpha value is -1.14. The first kappa shape index (κ1) is 16.9. The topological polar surface area (TPSA) is 78.7 Å². The summed E-state index contributed by atoms with van der Waals surface area (Å²) in [5.41, 5.74) is 5.45. The molecule has 0 saturated carbocycles. The number of nitrogens with two attached hydrogens (primary N) is 1. The molecule has 2 amide bonds. The van der Waals surface area contributed by atoms with E-state index in [2.05, 4.69) is 10.2 Å². The lowest BCUT2D eigenvalue weighted by molar-refractivity contribution is -0.131. The lowest BCUT2D eigenvalue weighted by Gasteiger charge is -2.32. The van der Waals surface area contributed by atoms with Gasteiger partial charge in [0.15, 0.2) is 0 Å². The molecule has 116 valence electrons. The minimum Gasteiger partial charge on any atom is -0.356 e. The van der Waals surface area contributed by atoms with Gasteiger partial charge in [-0.1, -0.05) is 0 Å². The van der Waals surface area contributed by atoms with Crippen LogP contribution < -0.4 is 11.1 Å². The molecule has 1 heterocycles. The highest BCUT2D eigenvalue weighted by Crippen LogP contribution is 2.16. The second-order valence-corrected chi connectivity index (χ2v) is 5.61. The van der Waals surface area contributed by atoms with Crippen LogP contribution in [0.25, 0.3) is 0 Å². The van der Waals surface area contributed by atoms with Crippen LogP contribution in [0.15, 0.2) is 0 Å². The van der Waals surface area contributed by atoms with E-state index in [1.54, 1.807) is 11.8 Å². The fourth-order valence-corrected chi connectivity index (χ4v) is 2.40. The van der Waals surface area contributed by atoms with Crippen LogP contribution in [-0.4, -0.2) is 67.9 Å². The van der Waals surface area contributed by atoms with Crippen LogP contribution in [0.5, 0.6) is 0 Å². The first-order valence-electron chi connectivity index (χ1n) is 7.43. The highest BCUT2D eigenvalue weighted by atomic mass is 16.2. The number of rotatable bonds is 7. The van der Waals surface area contributed by atoms with E-state index in [0.717, 1.165) is 45.4 Å². The summed E-state index contributed by atoms with van der Waals surface area (Å²) in [7, 11) is 1.83. The van der Waals surface area contributed by atoms with Crippen molar-refractivity contribution in [3.63, 3.8) is 0 Å². The van der Waals surface area contributed by atoms with Gasteiger partial charge in [-0.05, 0) is 44.8 Å². The maximum atomic E-state index is 12.0. The summed E-state index contributed by atoms with van der Waals surface area (Å²) in [6.07, 6.45) is 2.93. The van der Waals surface area contributed by atoms with Crippen LogP contribution in [-0.2, 0) is 9.59 Å². The quantitative estimate of drug-likeness (QED) is 0.669. The monoisotopic (exact) mass is 284 g/mol. The molecule has 0 atom stereocenters. The number of likely N-dealkylation sites (tertiary alicyclic amines) is 1. The van der Waals surface area contributed by atoms with Crippen LogP contribution in [0.2, 0.25) is 0 Å². The Morgan fingerprint density at radius 3 is 2.55 bits per heavy atom. The lowest BCUT2D eigenvalue weighted by atomic mass is 9.97. The number of nitrogens with one attached hydrogen (secondary N) is 1. The van der Waals surface area contributed by atoms with E-state index in [-0.39, 0.29) is 11.8 Å². The Bertz CT molecular complexity index is 314. The molecule has 6 heteroatoms. The predicted octanol–water partition coefficient (Wildman–Crippen LogP) is -0.358. The molecule has 1 aliphatic heterocycles. The normalized spacial score (nSPS) is 16.9. The number of carbonyl (C=O) groups excluding carboxylic acids is 2. The van der Waals surface area contributed by atoms with Gasteiger partial charge < -0.3 is 16.0 Å². The van der Waals surface area contributed by atoms with E-state index in [0.29, 0.717) is 19.0 Å². The Labute approximate surface area is 121 Å². The van der Waals surface area contributed by atoms with Crippen LogP contribution >= 0.6 is 0 Å². The zero-order valence-electron chi connectivity index (χ0n) is 12.7. The zero-order chi connectivity index (χ0) is 15.0. The highest BCUT2D eigenvalue weighted by Gasteiger charge is 2.21. The molecular formula is C14H28N4O2. The molecule has 6 nitrogen and oxygen atoms in total. The van der Waals surface area contributed by atoms with Gasteiger partial charge in [0, 0.05) is 27.1 Å². The van der Waals surface area contributed by atoms with E-state index in [9.17, 15) is 9.59 Å². The van der Waals surface area contributed by atoms with E-state index >= 15 is 0 Å². The summed E-state index contributed by atoms with van der Waals surface area (Å²) in [6, 6.07) is 0. The largest absolute Gasteiger partial charge is 0.356 e. The van der Waals surface area contributed by atoms with Crippen molar-refractivity contribution in [3.05, 3.63) is 0 Å². The van der Waals surface area contributed by atoms with Crippen molar-refractivity contribution in [3.8, 4) is 0 Å². The van der Waals surface area contributed by atoms with Gasteiger partial charge in [0.1, 0.15) is 0 Å². The maximum Gasteiger partial charge on any atom is 0.236 e. The highest BCUT2D eigenvalue weighted by molar-refractivity contribution is 5.78. The van der Waals surface area contributed by atoms with Crippen molar-refractivity contribution < 1.29 is 9.59 Å². The minimum atomic E-state index is 0.0316. The smallest absolute Gasteiger partial charge is 0.236 e. The Kier molecular flexibility index (Phi) is 7.54. The molecule has 0 aromatic heterocycles. The van der Waals surface area contributed by atoms with Crippen molar-refractivity contribution >= 4 is 11.8 Å². The SMILES string of the molecule is CC(=O)NCC1CCN(CC(=O)N(C)CCCN)CC1. The van der Waals surface area contributed by atoms with Gasteiger partial charge in [0.05, 0.1) is 6.54 Å². The predicted molar refractivity (Wildman–Crippen MR) is 79.2 cm³/mol. The minimum absolute atomic E-state index is 0.0316. The number of piperidine rings is 1. The molecule has 3 N–H and O–H groups in total. The molecule has 0 unspecified atom stereocenters. The first-order chi connectivity index (χ1) is 9.52. The van der Waals surface area contributed by atoms with Crippen LogP contribution in [0.4, 0.5) is 0 Å². The van der Waals surface area contributed by atoms with Gasteiger partial charge in [0.25, 0.3) is 0 Å². The van der Waals surface area contributed by atoms with Gasteiger partial charge in [0.2, 0.25) is 11.8 Å². The molecule has 20 heavy (non-hydrogen) atoms. The summed E-state index contributed by atoms with van der Waals surface area (Å²) >= 11 is 0. The summed E-state index contributed by atoms with van der Waals surface area (Å²) in [4.78, 5) is 26.8. The Morgan fingerprint density at radius 2 is 2.00 bits per heavy atom. The number of nitrogens with zero attached hydrogens (tertiary/aromatic N) is 2. The van der Waals surface area contributed by atoms with E-state index in [1.165, 1.54) is 0 Å². The molecule has 1 rings (SSSR count). The van der Waals surface area contributed by atoms with Crippen LogP contribution in [0, 0.1) is 5.92 Å². The second-order valence-electron chi connectivity index (χ2n) is 5.61. The van der Waals surface area contributed by atoms with E-state index in [1.807, 2.05) is 7.05 Å². The van der Waals surface area contributed by atoms with Gasteiger partial charge in [-0.15, -0.1) is 0 Å². The Balaban J connectivity index is 2.21. The third-order valence-electron chi connectivity index (χ3n) is 3.83. The molecule has 0 aromatic rings. The summed E-state index contributed by atoms with van der Waals surface area (Å²) in [5, 5.41) is 2.87. The van der Waals surface area contributed by atoms with Crippen molar-refractivity contribution in [1.29, 1.82) is 0 Å². The molecule has 1 saturated heterocycles. The van der Waals surface area contributed by atoms with E-state index < -0.39 is 0 Å². The van der Waals surface area contributed by atoms with Crippen molar-refractivity contribution in [1.82, 2.24) is 15.1 Å². The van der Waals surface area contributed by atoms with Crippen molar-refractivity contribution in [2.24, 2.45) is 11.7 Å². The average molecular weight is 284 g/mol. The van der Waals surface area contributed by atoms with Crippen molar-refractivity contribution in [2.75, 3.05) is 46.3 Å². The van der Waals surface area contributed by atoms with E-state index in [4.69, 9.17) is 5.73 Å². The fraction of sp³-hybridized carbons (Fsp3) is 0.857. The summed E-state index contributed by atoms with van der Waals surface area (Å²) in [5.74, 6) is 0.739. The molecule has 0 radical (unpaired) electrons. The van der Waals surface area contributed by atoms with Crippen LogP contribution in [0.3, 0.4) is 0 Å². The average Bonchev–Trinajstić information content (AvgIpc) is 2.43. The standard InChI is InChI=1S/C14H28N4O2/c1-12(19)16-10-13-4-8-18(9-5-13)11-14(20)17(2)7-3-6-15/h13H,3-11,15H2,1-2H3,(H,16,19). The Morgan fingerprint density at radius 1 is 1.35 bits per heavy atom. The number of carbonyl (C=O) groups is 2. The van der Waals surface area contributed by atoms with Crippen molar-refractivity contribution in [2.45, 2.75) is 26.2 Å². The van der Waals surface area contributed by atoms with Gasteiger partial charge in [-0.3, -0.25) is 14.5 Å². The number of hydrogen-bond acceptors (Lipinski definition) is 4. The first-order valence-corrected chi connectivity index (χ1v) is 7.43. The third-order valence-corrected chi connectivity index (χ3v) is 3.83.